The molecule has 0 bridgehead atoms. The quantitative estimate of drug-likeness (QED) is 0.514. The van der Waals surface area contributed by atoms with Crippen molar-refractivity contribution in [3.63, 3.8) is 0 Å². The minimum atomic E-state index is 0.617. The van der Waals surface area contributed by atoms with Crippen LogP contribution < -0.4 is 5.32 Å². The van der Waals surface area contributed by atoms with Gasteiger partial charge >= 0.3 is 0 Å². The van der Waals surface area contributed by atoms with Gasteiger partial charge in [0.1, 0.15) is 0 Å². The third kappa shape index (κ3) is 8.76. The summed E-state index contributed by atoms with van der Waals surface area (Å²) in [5, 5.41) is 3.20. The highest BCUT2D eigenvalue weighted by Gasteiger charge is 2.01. The van der Waals surface area contributed by atoms with E-state index >= 15 is 0 Å². The van der Waals surface area contributed by atoms with Gasteiger partial charge < -0.3 is 5.32 Å². The number of rotatable bonds is 11. The lowest BCUT2D eigenvalue weighted by Gasteiger charge is -2.09. The van der Waals surface area contributed by atoms with E-state index in [0.717, 1.165) is 12.5 Å². The van der Waals surface area contributed by atoms with Gasteiger partial charge in [0.25, 0.3) is 0 Å². The average Bonchev–Trinajstić information content (AvgIpc) is 2.57. The van der Waals surface area contributed by atoms with E-state index in [1.807, 2.05) is 7.05 Å². The van der Waals surface area contributed by atoms with Crippen LogP contribution in [0.1, 0.15) is 64.0 Å². The molecule has 0 aromatic heterocycles. The Bertz CT molecular complexity index is 449. The highest BCUT2D eigenvalue weighted by Crippen LogP contribution is 2.17. The van der Waals surface area contributed by atoms with Crippen molar-refractivity contribution in [2.24, 2.45) is 11.8 Å². The maximum Gasteiger partial charge on any atom is -0.00464 e. The molecule has 0 aliphatic rings. The molecular weight excluding hydrogens is 278 g/mol. The summed E-state index contributed by atoms with van der Waals surface area (Å²) in [6.07, 6.45) is 15.6. The molecule has 0 saturated heterocycles. The van der Waals surface area contributed by atoms with Gasteiger partial charge in [-0.25, -0.2) is 0 Å². The number of nitrogens with one attached hydrogen (secondary N) is 1. The molecule has 1 heteroatoms. The number of benzene rings is 1. The van der Waals surface area contributed by atoms with Crippen LogP contribution in [0.3, 0.4) is 0 Å². The Balaban J connectivity index is 2.56. The second-order valence-electron chi connectivity index (χ2n) is 6.59. The van der Waals surface area contributed by atoms with Gasteiger partial charge in [0, 0.05) is 0 Å². The molecule has 1 rings (SSSR count). The first kappa shape index (κ1) is 19.7. The van der Waals surface area contributed by atoms with Gasteiger partial charge in [-0.3, -0.25) is 0 Å². The van der Waals surface area contributed by atoms with Crippen molar-refractivity contribution in [3.05, 3.63) is 47.5 Å². The maximum atomic E-state index is 3.20. The van der Waals surface area contributed by atoms with Crippen molar-refractivity contribution in [3.8, 4) is 0 Å². The normalized spacial score (nSPS) is 13.4. The summed E-state index contributed by atoms with van der Waals surface area (Å²) >= 11 is 0. The van der Waals surface area contributed by atoms with Crippen LogP contribution in [0.2, 0.25) is 0 Å². The topological polar surface area (TPSA) is 12.0 Å². The molecule has 0 amide bonds. The molecule has 0 radical (unpaired) electrons. The fourth-order valence-corrected chi connectivity index (χ4v) is 2.79. The number of allylic oxidation sites excluding steroid dienone is 2. The Morgan fingerprint density at radius 3 is 1.87 bits per heavy atom. The third-order valence-corrected chi connectivity index (χ3v) is 4.28. The van der Waals surface area contributed by atoms with Crippen molar-refractivity contribution >= 4 is 12.2 Å². The first-order valence-corrected chi connectivity index (χ1v) is 9.30. The standard InChI is InChI=1S/C22H35N/c1-5-7-20(8-6-2)11-12-22-15-13-21(14-16-22)10-9-19(3)17-18-23-4/h9-16,19-20,23H,5-8,17-18H2,1-4H3/b10-9+,12-11+. The lowest BCUT2D eigenvalue weighted by molar-refractivity contribution is 0.531. The van der Waals surface area contributed by atoms with Gasteiger partial charge in [0.2, 0.25) is 0 Å². The fourth-order valence-electron chi connectivity index (χ4n) is 2.79. The molecule has 128 valence electrons. The smallest absolute Gasteiger partial charge is 0.00464 e. The monoisotopic (exact) mass is 313 g/mol. The summed E-state index contributed by atoms with van der Waals surface area (Å²) in [6, 6.07) is 8.89. The van der Waals surface area contributed by atoms with Crippen LogP contribution in [-0.4, -0.2) is 13.6 Å². The molecule has 0 fully saturated rings. The second kappa shape index (κ2) is 12.1. The third-order valence-electron chi connectivity index (χ3n) is 4.28. The molecule has 1 N–H and O–H groups in total. The van der Waals surface area contributed by atoms with Gasteiger partial charge in [0.15, 0.2) is 0 Å². The summed E-state index contributed by atoms with van der Waals surface area (Å²) in [6.45, 7) is 7.89. The fraction of sp³-hybridized carbons (Fsp3) is 0.545. The van der Waals surface area contributed by atoms with Gasteiger partial charge in [0.05, 0.1) is 0 Å². The van der Waals surface area contributed by atoms with Crippen molar-refractivity contribution in [2.75, 3.05) is 13.6 Å². The van der Waals surface area contributed by atoms with Crippen LogP contribution in [0.15, 0.2) is 36.4 Å². The molecule has 1 aromatic carbocycles. The van der Waals surface area contributed by atoms with E-state index in [-0.39, 0.29) is 0 Å². The van der Waals surface area contributed by atoms with E-state index in [1.54, 1.807) is 0 Å². The molecule has 1 unspecified atom stereocenters. The zero-order valence-corrected chi connectivity index (χ0v) is 15.5. The van der Waals surface area contributed by atoms with E-state index in [2.05, 4.69) is 74.7 Å². The summed E-state index contributed by atoms with van der Waals surface area (Å²) < 4.78 is 0. The summed E-state index contributed by atoms with van der Waals surface area (Å²) in [4.78, 5) is 0. The molecule has 0 saturated carbocycles. The highest BCUT2D eigenvalue weighted by atomic mass is 14.8. The van der Waals surface area contributed by atoms with Crippen LogP contribution in [0.25, 0.3) is 12.2 Å². The SMILES string of the molecule is CCCC(/C=C/c1ccc(/C=C/C(C)CCNC)cc1)CCC. The predicted octanol–water partition coefficient (Wildman–Crippen LogP) is 6.18. The molecule has 1 atom stereocenters. The molecule has 0 heterocycles. The summed E-state index contributed by atoms with van der Waals surface area (Å²) in [5.41, 5.74) is 2.60. The molecule has 23 heavy (non-hydrogen) atoms. The Morgan fingerprint density at radius 2 is 1.39 bits per heavy atom. The lowest BCUT2D eigenvalue weighted by Crippen LogP contribution is -2.10. The van der Waals surface area contributed by atoms with Crippen LogP contribution in [-0.2, 0) is 0 Å². The molecule has 1 aromatic rings. The first-order chi connectivity index (χ1) is 11.2. The van der Waals surface area contributed by atoms with Gasteiger partial charge in [-0.1, -0.05) is 82.2 Å². The van der Waals surface area contributed by atoms with Gasteiger partial charge in [-0.05, 0) is 55.8 Å². The lowest BCUT2D eigenvalue weighted by atomic mass is 9.97. The van der Waals surface area contributed by atoms with Gasteiger partial charge in [-0.2, -0.15) is 0 Å². The van der Waals surface area contributed by atoms with Crippen molar-refractivity contribution < 1.29 is 0 Å². The Kier molecular flexibility index (Phi) is 10.4. The Labute approximate surface area is 143 Å². The van der Waals surface area contributed by atoms with Crippen LogP contribution in [0.4, 0.5) is 0 Å². The largest absolute Gasteiger partial charge is 0.320 e. The van der Waals surface area contributed by atoms with Crippen LogP contribution >= 0.6 is 0 Å². The molecule has 0 aliphatic carbocycles. The van der Waals surface area contributed by atoms with E-state index < -0.39 is 0 Å². The minimum absolute atomic E-state index is 0.617. The molecule has 1 nitrogen and oxygen atoms in total. The minimum Gasteiger partial charge on any atom is -0.320 e. The average molecular weight is 314 g/mol. The van der Waals surface area contributed by atoms with Crippen molar-refractivity contribution in [1.82, 2.24) is 5.32 Å². The maximum absolute atomic E-state index is 3.20. The zero-order chi connectivity index (χ0) is 16.9. The first-order valence-electron chi connectivity index (χ1n) is 9.30. The second-order valence-corrected chi connectivity index (χ2v) is 6.59. The van der Waals surface area contributed by atoms with Crippen LogP contribution in [0, 0.1) is 11.8 Å². The Hall–Kier alpha value is -1.34. The van der Waals surface area contributed by atoms with Crippen molar-refractivity contribution in [2.45, 2.75) is 52.9 Å². The summed E-state index contributed by atoms with van der Waals surface area (Å²) in [7, 11) is 2.01. The number of hydrogen-bond donors (Lipinski definition) is 1. The van der Waals surface area contributed by atoms with Crippen LogP contribution in [0.5, 0.6) is 0 Å². The predicted molar refractivity (Wildman–Crippen MR) is 106 cm³/mol. The molecule has 0 spiro atoms. The van der Waals surface area contributed by atoms with Gasteiger partial charge in [-0.15, -0.1) is 0 Å². The van der Waals surface area contributed by atoms with Crippen molar-refractivity contribution in [1.29, 1.82) is 0 Å². The van der Waals surface area contributed by atoms with E-state index in [9.17, 15) is 0 Å². The summed E-state index contributed by atoms with van der Waals surface area (Å²) in [5.74, 6) is 1.35. The van der Waals surface area contributed by atoms with E-state index in [4.69, 9.17) is 0 Å². The zero-order valence-electron chi connectivity index (χ0n) is 15.5. The molecule has 0 aliphatic heterocycles. The van der Waals surface area contributed by atoms with E-state index in [1.165, 1.54) is 43.2 Å². The van der Waals surface area contributed by atoms with E-state index in [0.29, 0.717) is 5.92 Å². The number of hydrogen-bond acceptors (Lipinski definition) is 1. The molecular formula is C22H35N. The Morgan fingerprint density at radius 1 is 0.870 bits per heavy atom. The highest BCUT2D eigenvalue weighted by molar-refractivity contribution is 5.56.